The fourth-order valence-electron chi connectivity index (χ4n) is 2.56. The van der Waals surface area contributed by atoms with E-state index in [1.54, 1.807) is 31.2 Å². The van der Waals surface area contributed by atoms with Crippen molar-refractivity contribution in [3.63, 3.8) is 0 Å². The highest BCUT2D eigenvalue weighted by Gasteiger charge is 2.44. The molecular weight excluding hydrogens is 242 g/mol. The van der Waals surface area contributed by atoms with Gasteiger partial charge in [-0.15, -0.1) is 5.92 Å². The lowest BCUT2D eigenvalue weighted by molar-refractivity contribution is 0.0479. The van der Waals surface area contributed by atoms with Crippen LogP contribution in [0.2, 0.25) is 0 Å². The van der Waals surface area contributed by atoms with Gasteiger partial charge in [0.05, 0.1) is 0 Å². The number of fused-ring (bicyclic) bond motifs is 3. The lowest BCUT2D eigenvalue weighted by Crippen LogP contribution is -2.11. The summed E-state index contributed by atoms with van der Waals surface area (Å²) in [6.45, 7) is 3.52. The minimum absolute atomic E-state index is 0.0633. The van der Waals surface area contributed by atoms with Crippen LogP contribution < -0.4 is 0 Å². The fraction of sp³-hybridized carbons (Fsp3) is 0.176. The Bertz CT molecular complexity index is 731. The molecular formula is C17H12F2. The first-order chi connectivity index (χ1) is 9.04. The van der Waals surface area contributed by atoms with Gasteiger partial charge in [0.25, 0.3) is 5.92 Å². The summed E-state index contributed by atoms with van der Waals surface area (Å²) in [5.74, 6) is 2.64. The Morgan fingerprint density at radius 1 is 0.947 bits per heavy atom. The summed E-state index contributed by atoms with van der Waals surface area (Å²) < 4.78 is 29.0. The van der Waals surface area contributed by atoms with Crippen LogP contribution in [0.4, 0.5) is 8.78 Å². The Hall–Kier alpha value is -2.14. The molecule has 0 aromatic heterocycles. The summed E-state index contributed by atoms with van der Waals surface area (Å²) in [7, 11) is 0. The molecule has 3 rings (SSSR count). The Balaban J connectivity index is 2.29. The third-order valence-electron chi connectivity index (χ3n) is 3.43. The Kier molecular flexibility index (Phi) is 2.46. The highest BCUT2D eigenvalue weighted by molar-refractivity contribution is 5.80. The summed E-state index contributed by atoms with van der Waals surface area (Å²) in [6, 6.07) is 10.2. The van der Waals surface area contributed by atoms with Crippen LogP contribution in [0, 0.1) is 18.8 Å². The van der Waals surface area contributed by atoms with Crippen LogP contribution in [0.1, 0.15) is 29.2 Å². The maximum Gasteiger partial charge on any atom is 0.299 e. The molecule has 19 heavy (non-hydrogen) atoms. The van der Waals surface area contributed by atoms with E-state index in [0.717, 1.165) is 5.56 Å². The molecule has 0 saturated heterocycles. The third-order valence-corrected chi connectivity index (χ3v) is 3.43. The first-order valence-electron chi connectivity index (χ1n) is 6.10. The van der Waals surface area contributed by atoms with E-state index in [0.29, 0.717) is 16.7 Å². The number of hydrogen-bond donors (Lipinski definition) is 0. The van der Waals surface area contributed by atoms with E-state index in [9.17, 15) is 8.78 Å². The molecule has 0 atom stereocenters. The molecule has 0 unspecified atom stereocenters. The third kappa shape index (κ3) is 1.66. The highest BCUT2D eigenvalue weighted by Crippen LogP contribution is 2.51. The van der Waals surface area contributed by atoms with Crippen molar-refractivity contribution in [2.75, 3.05) is 0 Å². The standard InChI is InChI=1S/C17H12F2/c1-3-4-12-6-8-14-13-7-5-11(2)9-15(13)17(18,19)16(14)10-12/h5-10H,1-2H3. The average Bonchev–Trinajstić information content (AvgIpc) is 2.59. The van der Waals surface area contributed by atoms with Gasteiger partial charge in [-0.25, -0.2) is 0 Å². The van der Waals surface area contributed by atoms with Crippen molar-refractivity contribution in [3.05, 3.63) is 58.7 Å². The molecule has 0 fully saturated rings. The van der Waals surface area contributed by atoms with Gasteiger partial charge in [0.15, 0.2) is 0 Å². The largest absolute Gasteiger partial charge is 0.299 e. The second kappa shape index (κ2) is 3.93. The number of rotatable bonds is 0. The Labute approximate surface area is 111 Å². The lowest BCUT2D eigenvalue weighted by atomic mass is 10.0. The van der Waals surface area contributed by atoms with Crippen LogP contribution in [0.3, 0.4) is 0 Å². The maximum atomic E-state index is 14.5. The minimum Gasteiger partial charge on any atom is -0.196 e. The van der Waals surface area contributed by atoms with E-state index in [1.807, 2.05) is 13.0 Å². The van der Waals surface area contributed by atoms with Crippen LogP contribution in [-0.4, -0.2) is 0 Å². The van der Waals surface area contributed by atoms with Gasteiger partial charge in [0.2, 0.25) is 0 Å². The molecule has 0 bridgehead atoms. The van der Waals surface area contributed by atoms with Crippen LogP contribution in [-0.2, 0) is 5.92 Å². The molecule has 0 N–H and O–H groups in total. The zero-order valence-electron chi connectivity index (χ0n) is 10.7. The van der Waals surface area contributed by atoms with Crippen LogP contribution in [0.25, 0.3) is 11.1 Å². The van der Waals surface area contributed by atoms with Crippen LogP contribution in [0.15, 0.2) is 36.4 Å². The monoisotopic (exact) mass is 254 g/mol. The highest BCUT2D eigenvalue weighted by atomic mass is 19.3. The maximum absolute atomic E-state index is 14.5. The van der Waals surface area contributed by atoms with Gasteiger partial charge in [-0.05, 0) is 43.2 Å². The van der Waals surface area contributed by atoms with Crippen LogP contribution >= 0.6 is 0 Å². The second-order valence-electron chi connectivity index (χ2n) is 4.76. The van der Waals surface area contributed by atoms with E-state index < -0.39 is 5.92 Å². The smallest absolute Gasteiger partial charge is 0.196 e. The van der Waals surface area contributed by atoms with E-state index in [4.69, 9.17) is 0 Å². The normalized spacial score (nSPS) is 14.3. The van der Waals surface area contributed by atoms with Crippen molar-refractivity contribution in [1.82, 2.24) is 0 Å². The van der Waals surface area contributed by atoms with Gasteiger partial charge in [0, 0.05) is 16.7 Å². The number of aryl methyl sites for hydroxylation is 1. The van der Waals surface area contributed by atoms with Gasteiger partial charge in [-0.1, -0.05) is 29.7 Å². The van der Waals surface area contributed by atoms with E-state index in [-0.39, 0.29) is 11.1 Å². The van der Waals surface area contributed by atoms with E-state index >= 15 is 0 Å². The van der Waals surface area contributed by atoms with Gasteiger partial charge in [0.1, 0.15) is 0 Å². The molecule has 0 saturated carbocycles. The van der Waals surface area contributed by atoms with Crippen molar-refractivity contribution in [1.29, 1.82) is 0 Å². The predicted molar refractivity (Wildman–Crippen MR) is 72.2 cm³/mol. The van der Waals surface area contributed by atoms with Gasteiger partial charge >= 0.3 is 0 Å². The number of hydrogen-bond acceptors (Lipinski definition) is 0. The molecule has 0 heterocycles. The van der Waals surface area contributed by atoms with E-state index in [2.05, 4.69) is 11.8 Å². The first kappa shape index (κ1) is 11.9. The molecule has 0 amide bonds. The zero-order chi connectivity index (χ0) is 13.6. The summed E-state index contributed by atoms with van der Waals surface area (Å²) in [4.78, 5) is 0. The predicted octanol–water partition coefficient (Wildman–Crippen LogP) is 4.49. The molecule has 0 nitrogen and oxygen atoms in total. The number of halogens is 2. The molecule has 0 radical (unpaired) electrons. The van der Waals surface area contributed by atoms with Crippen LogP contribution in [0.5, 0.6) is 0 Å². The van der Waals surface area contributed by atoms with Gasteiger partial charge in [-0.3, -0.25) is 0 Å². The summed E-state index contributed by atoms with van der Waals surface area (Å²) in [6.07, 6.45) is 0. The molecule has 1 aliphatic rings. The molecule has 0 aliphatic heterocycles. The van der Waals surface area contributed by atoms with E-state index in [1.165, 1.54) is 6.07 Å². The Morgan fingerprint density at radius 3 is 2.26 bits per heavy atom. The molecule has 2 heteroatoms. The number of benzene rings is 2. The molecule has 2 aromatic rings. The molecule has 0 spiro atoms. The molecule has 2 aromatic carbocycles. The fourth-order valence-corrected chi connectivity index (χ4v) is 2.56. The van der Waals surface area contributed by atoms with Crippen molar-refractivity contribution in [2.24, 2.45) is 0 Å². The van der Waals surface area contributed by atoms with Gasteiger partial charge in [-0.2, -0.15) is 8.78 Å². The number of alkyl halides is 2. The summed E-state index contributed by atoms with van der Waals surface area (Å²) >= 11 is 0. The second-order valence-corrected chi connectivity index (χ2v) is 4.76. The van der Waals surface area contributed by atoms with Crippen molar-refractivity contribution in [2.45, 2.75) is 19.8 Å². The molecule has 1 aliphatic carbocycles. The summed E-state index contributed by atoms with van der Waals surface area (Å²) in [5, 5.41) is 0. The minimum atomic E-state index is -2.93. The average molecular weight is 254 g/mol. The molecule has 94 valence electrons. The zero-order valence-corrected chi connectivity index (χ0v) is 10.7. The first-order valence-corrected chi connectivity index (χ1v) is 6.10. The lowest BCUT2D eigenvalue weighted by Gasteiger charge is -2.12. The van der Waals surface area contributed by atoms with Crippen molar-refractivity contribution >= 4 is 0 Å². The summed E-state index contributed by atoms with van der Waals surface area (Å²) in [5.41, 5.74) is 2.88. The SMILES string of the molecule is CC#Cc1ccc2c(c1)C(F)(F)c1cc(C)ccc1-2. The van der Waals surface area contributed by atoms with Gasteiger partial charge < -0.3 is 0 Å². The van der Waals surface area contributed by atoms with Crippen molar-refractivity contribution in [3.8, 4) is 23.0 Å². The Morgan fingerprint density at radius 2 is 1.58 bits per heavy atom. The van der Waals surface area contributed by atoms with Crippen molar-refractivity contribution < 1.29 is 8.78 Å². The topological polar surface area (TPSA) is 0 Å². The quantitative estimate of drug-likeness (QED) is 0.608.